The third-order valence-electron chi connectivity index (χ3n) is 4.75. The molecule has 3 N–H and O–H groups in total. The maximum absolute atomic E-state index is 12.7. The fraction of sp³-hybridized carbons (Fsp3) is 0.444. The third kappa shape index (κ3) is 4.89. The molecule has 30 heavy (non-hydrogen) atoms. The lowest BCUT2D eigenvalue weighted by atomic mass is 10.2. The molecule has 0 saturated carbocycles. The Bertz CT molecular complexity index is 1010. The summed E-state index contributed by atoms with van der Waals surface area (Å²) in [7, 11) is 0. The maximum atomic E-state index is 12.7. The van der Waals surface area contributed by atoms with E-state index in [0.717, 1.165) is 4.57 Å². The highest BCUT2D eigenvalue weighted by Gasteiger charge is 2.29. The molecule has 12 nitrogen and oxygen atoms in total. The number of aromatic amines is 1. The highest BCUT2D eigenvalue weighted by Crippen LogP contribution is 2.10. The highest BCUT2D eigenvalue weighted by atomic mass is 16.3. The number of amides is 2. The second kappa shape index (κ2) is 9.31. The van der Waals surface area contributed by atoms with Gasteiger partial charge in [0.1, 0.15) is 12.6 Å². The van der Waals surface area contributed by atoms with Crippen molar-refractivity contribution in [2.75, 3.05) is 37.7 Å². The van der Waals surface area contributed by atoms with E-state index >= 15 is 0 Å². The minimum absolute atomic E-state index is 0.275. The number of carbonyl (C=O) groups excluding carboxylic acids is 2. The van der Waals surface area contributed by atoms with Gasteiger partial charge in [0.05, 0.1) is 6.61 Å². The number of nitrogens with one attached hydrogen (secondary N) is 2. The number of aliphatic hydroxyl groups is 1. The van der Waals surface area contributed by atoms with Crippen LogP contribution in [0.3, 0.4) is 0 Å². The number of carbonyl (C=O) groups is 2. The normalized spacial score (nSPS) is 15.0. The molecule has 0 bridgehead atoms. The van der Waals surface area contributed by atoms with Crippen LogP contribution in [-0.2, 0) is 16.1 Å². The quantitative estimate of drug-likeness (QED) is 0.465. The Labute approximate surface area is 171 Å². The largest absolute Gasteiger partial charge is 0.394 e. The van der Waals surface area contributed by atoms with E-state index in [2.05, 4.69) is 20.3 Å². The van der Waals surface area contributed by atoms with Gasteiger partial charge in [0, 0.05) is 50.3 Å². The fourth-order valence-electron chi connectivity index (χ4n) is 3.12. The third-order valence-corrected chi connectivity index (χ3v) is 4.75. The van der Waals surface area contributed by atoms with Crippen molar-refractivity contribution in [3.63, 3.8) is 0 Å². The van der Waals surface area contributed by atoms with Gasteiger partial charge in [-0.3, -0.25) is 23.9 Å². The van der Waals surface area contributed by atoms with E-state index in [1.54, 1.807) is 23.4 Å². The SMILES string of the molecule is Cc1cn(CC(=O)NC(CO)C(=O)N2CCN(c3ncccn3)CC2)c(=O)[nH]c1=O. The van der Waals surface area contributed by atoms with Crippen molar-refractivity contribution in [1.29, 1.82) is 0 Å². The Hall–Kier alpha value is -3.54. The molecule has 1 saturated heterocycles. The van der Waals surface area contributed by atoms with Crippen molar-refractivity contribution in [3.8, 4) is 0 Å². The Kier molecular flexibility index (Phi) is 6.57. The van der Waals surface area contributed by atoms with Crippen molar-refractivity contribution < 1.29 is 14.7 Å². The molecule has 0 spiro atoms. The van der Waals surface area contributed by atoms with Gasteiger partial charge in [-0.1, -0.05) is 0 Å². The average Bonchev–Trinajstić information content (AvgIpc) is 2.76. The predicted octanol–water partition coefficient (Wildman–Crippen LogP) is -2.54. The number of hydrogen-bond donors (Lipinski definition) is 3. The number of aliphatic hydroxyl groups excluding tert-OH is 1. The molecule has 2 aromatic heterocycles. The lowest BCUT2D eigenvalue weighted by Crippen LogP contribution is -2.56. The van der Waals surface area contributed by atoms with E-state index in [-0.39, 0.29) is 12.1 Å². The lowest BCUT2D eigenvalue weighted by Gasteiger charge is -2.36. The number of anilines is 1. The molecule has 2 amide bonds. The lowest BCUT2D eigenvalue weighted by molar-refractivity contribution is -0.138. The molecule has 3 rings (SSSR count). The first-order chi connectivity index (χ1) is 14.4. The minimum Gasteiger partial charge on any atom is -0.394 e. The first kappa shape index (κ1) is 21.2. The zero-order valence-electron chi connectivity index (χ0n) is 16.4. The van der Waals surface area contributed by atoms with Crippen molar-refractivity contribution in [2.24, 2.45) is 0 Å². The first-order valence-electron chi connectivity index (χ1n) is 9.40. The molecule has 1 aliphatic heterocycles. The van der Waals surface area contributed by atoms with E-state index in [1.807, 2.05) is 4.90 Å². The monoisotopic (exact) mass is 417 g/mol. The Balaban J connectivity index is 1.57. The molecule has 1 unspecified atom stereocenters. The number of H-pyrrole nitrogens is 1. The molecule has 1 fully saturated rings. The van der Waals surface area contributed by atoms with Crippen LogP contribution in [0.4, 0.5) is 5.95 Å². The molecule has 0 aromatic carbocycles. The van der Waals surface area contributed by atoms with Gasteiger partial charge in [-0.25, -0.2) is 14.8 Å². The summed E-state index contributed by atoms with van der Waals surface area (Å²) in [4.78, 5) is 62.2. The second-order valence-electron chi connectivity index (χ2n) is 6.86. The molecular weight excluding hydrogens is 394 g/mol. The number of piperazine rings is 1. The summed E-state index contributed by atoms with van der Waals surface area (Å²) in [6.07, 6.45) is 4.56. The summed E-state index contributed by atoms with van der Waals surface area (Å²) in [5, 5.41) is 12.0. The number of aryl methyl sites for hydroxylation is 1. The van der Waals surface area contributed by atoms with Crippen molar-refractivity contribution in [1.82, 2.24) is 29.7 Å². The molecule has 1 atom stereocenters. The standard InChI is InChI=1S/C18H23N7O5/c1-12-9-25(18(30)22-15(12)28)10-14(27)21-13(11-26)16(29)23-5-7-24(8-6-23)17-19-3-2-4-20-17/h2-4,9,13,26H,5-8,10-11H2,1H3,(H,21,27)(H,22,28,30). The summed E-state index contributed by atoms with van der Waals surface area (Å²) >= 11 is 0. The summed E-state index contributed by atoms with van der Waals surface area (Å²) < 4.78 is 1.03. The van der Waals surface area contributed by atoms with Gasteiger partial charge in [-0.2, -0.15) is 0 Å². The van der Waals surface area contributed by atoms with Crippen molar-refractivity contribution in [2.45, 2.75) is 19.5 Å². The van der Waals surface area contributed by atoms with Crippen LogP contribution in [0.25, 0.3) is 0 Å². The summed E-state index contributed by atoms with van der Waals surface area (Å²) in [6.45, 7) is 2.37. The molecule has 3 heterocycles. The van der Waals surface area contributed by atoms with Crippen LogP contribution in [-0.4, -0.2) is 80.2 Å². The highest BCUT2D eigenvalue weighted by molar-refractivity contribution is 5.87. The van der Waals surface area contributed by atoms with Gasteiger partial charge in [0.2, 0.25) is 17.8 Å². The molecule has 1 aliphatic rings. The van der Waals surface area contributed by atoms with Crippen LogP contribution in [0, 0.1) is 6.92 Å². The molecule has 12 heteroatoms. The smallest absolute Gasteiger partial charge is 0.328 e. The molecule has 160 valence electrons. The fourth-order valence-corrected chi connectivity index (χ4v) is 3.12. The van der Waals surface area contributed by atoms with Crippen LogP contribution < -0.4 is 21.5 Å². The summed E-state index contributed by atoms with van der Waals surface area (Å²) in [5.74, 6) is -0.463. The average molecular weight is 417 g/mol. The Morgan fingerprint density at radius 3 is 2.50 bits per heavy atom. The maximum Gasteiger partial charge on any atom is 0.328 e. The van der Waals surface area contributed by atoms with Gasteiger partial charge >= 0.3 is 5.69 Å². The van der Waals surface area contributed by atoms with Crippen LogP contribution in [0.15, 0.2) is 34.2 Å². The van der Waals surface area contributed by atoms with Gasteiger partial charge in [-0.15, -0.1) is 0 Å². The summed E-state index contributed by atoms with van der Waals surface area (Å²) in [6, 6.07) is 0.594. The van der Waals surface area contributed by atoms with Gasteiger partial charge in [-0.05, 0) is 13.0 Å². The number of nitrogens with zero attached hydrogens (tertiary/aromatic N) is 5. The van der Waals surface area contributed by atoms with Gasteiger partial charge in [0.15, 0.2) is 0 Å². The number of aromatic nitrogens is 4. The topological polar surface area (TPSA) is 154 Å². The molecular formula is C18H23N7O5. The molecule has 0 aliphatic carbocycles. The van der Waals surface area contributed by atoms with Crippen molar-refractivity contribution >= 4 is 17.8 Å². The number of rotatable bonds is 6. The van der Waals surface area contributed by atoms with Crippen LogP contribution in [0.2, 0.25) is 0 Å². The van der Waals surface area contributed by atoms with E-state index in [9.17, 15) is 24.3 Å². The van der Waals surface area contributed by atoms with E-state index in [4.69, 9.17) is 0 Å². The second-order valence-corrected chi connectivity index (χ2v) is 6.86. The van der Waals surface area contributed by atoms with Gasteiger partial charge in [0.25, 0.3) is 5.56 Å². The van der Waals surface area contributed by atoms with Crippen LogP contribution in [0.1, 0.15) is 5.56 Å². The van der Waals surface area contributed by atoms with Crippen molar-refractivity contribution in [3.05, 3.63) is 51.1 Å². The first-order valence-corrected chi connectivity index (χ1v) is 9.40. The Morgan fingerprint density at radius 1 is 1.20 bits per heavy atom. The van der Waals surface area contributed by atoms with E-state index in [0.29, 0.717) is 32.1 Å². The Morgan fingerprint density at radius 2 is 1.87 bits per heavy atom. The zero-order chi connectivity index (χ0) is 21.7. The van der Waals surface area contributed by atoms with Crippen LogP contribution >= 0.6 is 0 Å². The minimum atomic E-state index is -1.13. The predicted molar refractivity (Wildman–Crippen MR) is 106 cm³/mol. The summed E-state index contributed by atoms with van der Waals surface area (Å²) in [5.41, 5.74) is -0.982. The molecule has 0 radical (unpaired) electrons. The molecule has 2 aromatic rings. The van der Waals surface area contributed by atoms with Gasteiger partial charge < -0.3 is 20.2 Å². The van der Waals surface area contributed by atoms with Crippen LogP contribution in [0.5, 0.6) is 0 Å². The van der Waals surface area contributed by atoms with E-state index in [1.165, 1.54) is 13.1 Å². The zero-order valence-corrected chi connectivity index (χ0v) is 16.4. The number of hydrogen-bond acceptors (Lipinski definition) is 8. The van der Waals surface area contributed by atoms with E-state index < -0.39 is 35.7 Å².